The smallest absolute Gasteiger partial charge is 0.0334 e. The number of nitrogens with one attached hydrogen (secondary N) is 1. The molecule has 114 valence electrons. The highest BCUT2D eigenvalue weighted by atomic mass is 32.1. The van der Waals surface area contributed by atoms with Crippen molar-refractivity contribution in [1.29, 1.82) is 0 Å². The van der Waals surface area contributed by atoms with E-state index >= 15 is 0 Å². The Balaban J connectivity index is 2.22. The van der Waals surface area contributed by atoms with Gasteiger partial charge in [0.2, 0.25) is 0 Å². The van der Waals surface area contributed by atoms with Crippen molar-refractivity contribution in [2.24, 2.45) is 0 Å². The molecule has 1 fully saturated rings. The van der Waals surface area contributed by atoms with E-state index < -0.39 is 0 Å². The van der Waals surface area contributed by atoms with Gasteiger partial charge in [-0.2, -0.15) is 0 Å². The number of thiophene rings is 1. The lowest BCUT2D eigenvalue weighted by Crippen LogP contribution is -2.69. The highest BCUT2D eigenvalue weighted by Gasteiger charge is 2.44. The van der Waals surface area contributed by atoms with Crippen molar-refractivity contribution in [3.63, 3.8) is 0 Å². The van der Waals surface area contributed by atoms with Crippen LogP contribution in [0, 0.1) is 0 Å². The van der Waals surface area contributed by atoms with Gasteiger partial charge < -0.3 is 5.32 Å². The van der Waals surface area contributed by atoms with Crippen LogP contribution >= 0.6 is 11.3 Å². The number of hydrogen-bond acceptors (Lipinski definition) is 3. The molecule has 3 heteroatoms. The summed E-state index contributed by atoms with van der Waals surface area (Å²) in [7, 11) is 0. The van der Waals surface area contributed by atoms with Crippen LogP contribution in [0.4, 0.5) is 0 Å². The third-order valence-electron chi connectivity index (χ3n) is 5.55. The molecule has 0 aliphatic carbocycles. The van der Waals surface area contributed by atoms with Gasteiger partial charge in [0.05, 0.1) is 0 Å². The van der Waals surface area contributed by atoms with Crippen molar-refractivity contribution in [2.75, 3.05) is 13.1 Å². The van der Waals surface area contributed by atoms with Gasteiger partial charge in [-0.25, -0.2) is 0 Å². The number of rotatable bonds is 6. The molecule has 1 aromatic rings. The third-order valence-corrected chi connectivity index (χ3v) is 6.41. The lowest BCUT2D eigenvalue weighted by molar-refractivity contribution is -0.0104. The summed E-state index contributed by atoms with van der Waals surface area (Å²) in [5, 5.41) is 6.09. The first-order valence-corrected chi connectivity index (χ1v) is 9.04. The van der Waals surface area contributed by atoms with Crippen LogP contribution < -0.4 is 5.32 Å². The molecule has 1 aliphatic rings. The Labute approximate surface area is 128 Å². The summed E-state index contributed by atoms with van der Waals surface area (Å²) >= 11 is 1.89. The SMILES string of the molecule is CCC1(CC)CN(Cc2cccs2)C(CC)(CC)CN1. The van der Waals surface area contributed by atoms with Gasteiger partial charge in [-0.05, 0) is 37.1 Å². The highest BCUT2D eigenvalue weighted by molar-refractivity contribution is 7.09. The largest absolute Gasteiger partial charge is 0.308 e. The van der Waals surface area contributed by atoms with Crippen LogP contribution in [-0.4, -0.2) is 29.1 Å². The fourth-order valence-electron chi connectivity index (χ4n) is 3.54. The molecule has 1 saturated heterocycles. The second kappa shape index (κ2) is 6.59. The van der Waals surface area contributed by atoms with E-state index in [-0.39, 0.29) is 0 Å². The molecular formula is C17H30N2S. The van der Waals surface area contributed by atoms with Crippen LogP contribution in [0.1, 0.15) is 58.3 Å². The van der Waals surface area contributed by atoms with Crippen LogP contribution in [0.2, 0.25) is 0 Å². The quantitative estimate of drug-likeness (QED) is 0.843. The monoisotopic (exact) mass is 294 g/mol. The molecule has 2 nitrogen and oxygen atoms in total. The van der Waals surface area contributed by atoms with Crippen molar-refractivity contribution in [2.45, 2.75) is 71.0 Å². The topological polar surface area (TPSA) is 15.3 Å². The molecule has 0 bridgehead atoms. The average Bonchev–Trinajstić information content (AvgIpc) is 3.00. The highest BCUT2D eigenvalue weighted by Crippen LogP contribution is 2.34. The van der Waals surface area contributed by atoms with Crippen molar-refractivity contribution in [3.05, 3.63) is 22.4 Å². The van der Waals surface area contributed by atoms with E-state index in [1.807, 2.05) is 11.3 Å². The zero-order valence-corrected chi connectivity index (χ0v) is 14.4. The maximum absolute atomic E-state index is 3.90. The summed E-state index contributed by atoms with van der Waals surface area (Å²) in [5.74, 6) is 0. The zero-order valence-electron chi connectivity index (χ0n) is 13.5. The Hall–Kier alpha value is -0.380. The van der Waals surface area contributed by atoms with Gasteiger partial charge in [-0.1, -0.05) is 33.8 Å². The minimum Gasteiger partial charge on any atom is -0.308 e. The normalized spacial score (nSPS) is 22.0. The zero-order chi connectivity index (χ0) is 14.6. The predicted octanol–water partition coefficient (Wildman–Crippen LogP) is 4.27. The molecule has 0 saturated carbocycles. The number of hydrogen-bond donors (Lipinski definition) is 1. The first-order valence-electron chi connectivity index (χ1n) is 8.16. The van der Waals surface area contributed by atoms with Crippen molar-refractivity contribution >= 4 is 11.3 Å². The molecule has 1 aliphatic heterocycles. The Morgan fingerprint density at radius 3 is 2.35 bits per heavy atom. The minimum atomic E-state index is 0.311. The Kier molecular flexibility index (Phi) is 5.27. The van der Waals surface area contributed by atoms with E-state index in [2.05, 4.69) is 55.4 Å². The van der Waals surface area contributed by atoms with Crippen molar-refractivity contribution in [3.8, 4) is 0 Å². The second-order valence-corrected chi connectivity index (χ2v) is 7.24. The molecule has 1 N–H and O–H groups in total. The molecule has 0 radical (unpaired) electrons. The second-order valence-electron chi connectivity index (χ2n) is 6.21. The van der Waals surface area contributed by atoms with Gasteiger partial charge in [-0.3, -0.25) is 4.90 Å². The minimum absolute atomic E-state index is 0.311. The first kappa shape index (κ1) is 16.0. The summed E-state index contributed by atoms with van der Waals surface area (Å²) in [6, 6.07) is 4.46. The third kappa shape index (κ3) is 2.95. The summed E-state index contributed by atoms with van der Waals surface area (Å²) in [4.78, 5) is 4.27. The van der Waals surface area contributed by atoms with Gasteiger partial charge in [0.25, 0.3) is 0 Å². The van der Waals surface area contributed by atoms with Crippen molar-refractivity contribution < 1.29 is 0 Å². The van der Waals surface area contributed by atoms with Crippen LogP contribution in [0.5, 0.6) is 0 Å². The lowest BCUT2D eigenvalue weighted by Gasteiger charge is -2.54. The maximum atomic E-state index is 3.90. The van der Waals surface area contributed by atoms with E-state index in [1.165, 1.54) is 37.1 Å². The first-order chi connectivity index (χ1) is 9.63. The molecule has 0 amide bonds. The van der Waals surface area contributed by atoms with Gasteiger partial charge in [0, 0.05) is 35.6 Å². The summed E-state index contributed by atoms with van der Waals surface area (Å²) in [6.07, 6.45) is 4.89. The van der Waals surface area contributed by atoms with E-state index in [4.69, 9.17) is 0 Å². The molecular weight excluding hydrogens is 264 g/mol. The fourth-order valence-corrected chi connectivity index (χ4v) is 4.26. The van der Waals surface area contributed by atoms with Crippen LogP contribution in [0.25, 0.3) is 0 Å². The van der Waals surface area contributed by atoms with Crippen molar-refractivity contribution in [1.82, 2.24) is 10.2 Å². The summed E-state index contributed by atoms with van der Waals surface area (Å²) < 4.78 is 0. The van der Waals surface area contributed by atoms with Crippen LogP contribution in [-0.2, 0) is 6.54 Å². The molecule has 0 spiro atoms. The van der Waals surface area contributed by atoms with Gasteiger partial charge in [0.15, 0.2) is 0 Å². The van der Waals surface area contributed by atoms with E-state index in [0.717, 1.165) is 13.1 Å². The Bertz CT molecular complexity index is 391. The molecule has 20 heavy (non-hydrogen) atoms. The van der Waals surface area contributed by atoms with Gasteiger partial charge >= 0.3 is 0 Å². The fraction of sp³-hybridized carbons (Fsp3) is 0.765. The van der Waals surface area contributed by atoms with Crippen LogP contribution in [0.3, 0.4) is 0 Å². The summed E-state index contributed by atoms with van der Waals surface area (Å²) in [6.45, 7) is 12.8. The molecule has 0 atom stereocenters. The lowest BCUT2D eigenvalue weighted by atomic mass is 9.80. The molecule has 1 aromatic heterocycles. The van der Waals surface area contributed by atoms with E-state index in [0.29, 0.717) is 11.1 Å². The van der Waals surface area contributed by atoms with Gasteiger partial charge in [-0.15, -0.1) is 11.3 Å². The predicted molar refractivity (Wildman–Crippen MR) is 89.4 cm³/mol. The average molecular weight is 295 g/mol. The molecule has 0 aromatic carbocycles. The summed E-state index contributed by atoms with van der Waals surface area (Å²) in [5.41, 5.74) is 0.642. The Morgan fingerprint density at radius 1 is 1.15 bits per heavy atom. The van der Waals surface area contributed by atoms with Gasteiger partial charge in [0.1, 0.15) is 0 Å². The standard InChI is InChI=1S/C17H30N2S/c1-5-16(6-2)14-19(12-15-10-9-11-20-15)17(7-3,8-4)13-18-16/h9-11,18H,5-8,12-14H2,1-4H3. The van der Waals surface area contributed by atoms with Crippen LogP contribution in [0.15, 0.2) is 17.5 Å². The molecule has 0 unspecified atom stereocenters. The Morgan fingerprint density at radius 2 is 1.85 bits per heavy atom. The van der Waals surface area contributed by atoms with E-state index in [1.54, 1.807) is 0 Å². The molecule has 2 heterocycles. The van der Waals surface area contributed by atoms with E-state index in [9.17, 15) is 0 Å². The molecule has 2 rings (SSSR count). The number of nitrogens with zero attached hydrogens (tertiary/aromatic N) is 1. The number of piperazine rings is 1. The maximum Gasteiger partial charge on any atom is 0.0334 e.